The normalized spacial score (nSPS) is 14.4. The molecule has 0 aromatic heterocycles. The Morgan fingerprint density at radius 2 is 0.935 bits per heavy atom. The number of carboxylic acids is 1. The maximum atomic E-state index is 12.7. The highest BCUT2D eigenvalue weighted by molar-refractivity contribution is 7.47. The SMILES string of the molecule is CC/C=C\C/C=C\C/C=C\C/C=C\C/C=C\C/C=C\CCCCCCCOCC(COP(=O)(O)OCC(N)C(=O)O)OC(=O)CCCCCCCCCCCCCCCCCC. The van der Waals surface area contributed by atoms with Gasteiger partial charge in [-0.1, -0.05) is 202 Å². The van der Waals surface area contributed by atoms with Crippen LogP contribution < -0.4 is 5.73 Å². The minimum atomic E-state index is -4.63. The first-order valence-electron chi connectivity index (χ1n) is 24.5. The number of aliphatic carboxylic acids is 1. The van der Waals surface area contributed by atoms with Crippen molar-refractivity contribution in [3.8, 4) is 0 Å². The van der Waals surface area contributed by atoms with E-state index in [1.807, 2.05) is 0 Å². The van der Waals surface area contributed by atoms with Crippen molar-refractivity contribution in [3.63, 3.8) is 0 Å². The number of esters is 1. The fourth-order valence-electron chi connectivity index (χ4n) is 6.49. The van der Waals surface area contributed by atoms with Gasteiger partial charge >= 0.3 is 19.8 Å². The van der Waals surface area contributed by atoms with Crippen LogP contribution in [0.25, 0.3) is 0 Å². The fourth-order valence-corrected chi connectivity index (χ4v) is 7.27. The molecular weight excluding hydrogens is 802 g/mol. The molecule has 0 saturated carbocycles. The summed E-state index contributed by atoms with van der Waals surface area (Å²) in [7, 11) is -4.63. The number of phosphoric ester groups is 1. The number of carbonyl (C=O) groups is 2. The van der Waals surface area contributed by atoms with E-state index in [1.165, 1.54) is 77.0 Å². The van der Waals surface area contributed by atoms with Crippen LogP contribution in [0.2, 0.25) is 0 Å². The molecule has 0 aromatic rings. The van der Waals surface area contributed by atoms with Crippen molar-refractivity contribution >= 4 is 19.8 Å². The second-order valence-electron chi connectivity index (χ2n) is 16.2. The zero-order chi connectivity index (χ0) is 45.5. The Balaban J connectivity index is 4.22. The van der Waals surface area contributed by atoms with Crippen molar-refractivity contribution in [2.75, 3.05) is 26.4 Å². The Morgan fingerprint density at radius 1 is 0.532 bits per heavy atom. The van der Waals surface area contributed by atoms with E-state index in [2.05, 4.69) is 86.8 Å². The summed E-state index contributed by atoms with van der Waals surface area (Å²) in [5.41, 5.74) is 5.37. The number of allylic oxidation sites excluding steroid dienone is 12. The molecule has 0 fully saturated rings. The molecule has 4 N–H and O–H groups in total. The molecule has 0 aliphatic rings. The molecule has 0 radical (unpaired) electrons. The van der Waals surface area contributed by atoms with Crippen LogP contribution in [0.15, 0.2) is 72.9 Å². The summed E-state index contributed by atoms with van der Waals surface area (Å²) >= 11 is 0. The lowest BCUT2D eigenvalue weighted by Crippen LogP contribution is -2.34. The van der Waals surface area contributed by atoms with Crippen molar-refractivity contribution in [2.24, 2.45) is 5.73 Å². The second-order valence-corrected chi connectivity index (χ2v) is 17.7. The molecule has 0 rings (SSSR count). The average molecular weight is 892 g/mol. The van der Waals surface area contributed by atoms with Gasteiger partial charge in [-0.2, -0.15) is 0 Å². The van der Waals surface area contributed by atoms with Crippen LogP contribution in [-0.4, -0.2) is 60.5 Å². The van der Waals surface area contributed by atoms with Crippen molar-refractivity contribution in [1.82, 2.24) is 0 Å². The molecule has 0 spiro atoms. The van der Waals surface area contributed by atoms with E-state index in [1.54, 1.807) is 0 Å². The third-order valence-corrected chi connectivity index (χ3v) is 11.2. The monoisotopic (exact) mass is 892 g/mol. The molecular formula is C51H90NO9P. The Labute approximate surface area is 378 Å². The minimum absolute atomic E-state index is 0.00201. The highest BCUT2D eigenvalue weighted by Crippen LogP contribution is 2.43. The Bertz CT molecular complexity index is 1260. The highest BCUT2D eigenvalue weighted by atomic mass is 31.2. The van der Waals surface area contributed by atoms with Gasteiger partial charge in [0.2, 0.25) is 0 Å². The summed E-state index contributed by atoms with van der Waals surface area (Å²) < 4.78 is 33.4. The Kier molecular flexibility index (Phi) is 44.5. The topological polar surface area (TPSA) is 155 Å². The molecule has 62 heavy (non-hydrogen) atoms. The zero-order valence-corrected chi connectivity index (χ0v) is 40.1. The predicted molar refractivity (Wildman–Crippen MR) is 258 cm³/mol. The maximum Gasteiger partial charge on any atom is 0.472 e. The number of hydrogen-bond donors (Lipinski definition) is 3. The van der Waals surface area contributed by atoms with Crippen LogP contribution in [-0.2, 0) is 32.7 Å². The van der Waals surface area contributed by atoms with Gasteiger partial charge in [-0.3, -0.25) is 18.6 Å². The third kappa shape index (κ3) is 45.4. The van der Waals surface area contributed by atoms with Gasteiger partial charge in [0.05, 0.1) is 19.8 Å². The summed E-state index contributed by atoms with van der Waals surface area (Å²) in [4.78, 5) is 33.6. The van der Waals surface area contributed by atoms with Crippen LogP contribution in [0.3, 0.4) is 0 Å². The smallest absolute Gasteiger partial charge is 0.472 e. The lowest BCUT2D eigenvalue weighted by Gasteiger charge is -2.20. The first-order valence-corrected chi connectivity index (χ1v) is 26.0. The molecule has 10 nitrogen and oxygen atoms in total. The lowest BCUT2D eigenvalue weighted by atomic mass is 10.0. The molecule has 0 aromatic carbocycles. The molecule has 0 aliphatic carbocycles. The molecule has 3 unspecified atom stereocenters. The molecule has 0 amide bonds. The molecule has 11 heteroatoms. The molecule has 0 heterocycles. The van der Waals surface area contributed by atoms with Crippen molar-refractivity contribution in [3.05, 3.63) is 72.9 Å². The van der Waals surface area contributed by atoms with Gasteiger partial charge in [-0.15, -0.1) is 0 Å². The van der Waals surface area contributed by atoms with E-state index in [0.29, 0.717) is 13.0 Å². The van der Waals surface area contributed by atoms with Gasteiger partial charge in [-0.25, -0.2) is 4.57 Å². The number of ether oxygens (including phenoxy) is 2. The highest BCUT2D eigenvalue weighted by Gasteiger charge is 2.27. The Hall–Kier alpha value is -2.59. The van der Waals surface area contributed by atoms with Crippen molar-refractivity contribution in [2.45, 2.75) is 212 Å². The molecule has 0 bridgehead atoms. The van der Waals surface area contributed by atoms with E-state index in [0.717, 1.165) is 96.3 Å². The van der Waals surface area contributed by atoms with Crippen LogP contribution in [0.1, 0.15) is 200 Å². The van der Waals surface area contributed by atoms with Crippen LogP contribution in [0.4, 0.5) is 0 Å². The second kappa shape index (κ2) is 46.4. The summed E-state index contributed by atoms with van der Waals surface area (Å²) in [5, 5.41) is 8.92. The molecule has 3 atom stereocenters. The van der Waals surface area contributed by atoms with Gasteiger partial charge < -0.3 is 25.2 Å². The van der Waals surface area contributed by atoms with Crippen molar-refractivity contribution < 1.29 is 42.7 Å². The minimum Gasteiger partial charge on any atom is -0.480 e. The standard InChI is InChI=1S/C51H90NO9P/c1-3-5-7-9-11-13-15-17-19-21-22-23-24-25-26-27-28-30-32-34-36-38-40-42-44-58-45-48(46-59-62(56,57)60-47-49(52)51(54)55)61-50(53)43-41-39-37-35-33-31-29-20-18-16-14-12-10-8-6-4-2/h5,7,11,13,17,19,22-23,25-26,28,30,48-49H,3-4,6,8-10,12,14-16,18,20-21,24,27,29,31-47,52H2,1-2H3,(H,54,55)(H,56,57)/b7-5-,13-11-,19-17-,23-22-,26-25-,30-28-. The quantitative estimate of drug-likeness (QED) is 0.0233. The van der Waals surface area contributed by atoms with E-state index in [-0.39, 0.29) is 13.0 Å². The molecule has 0 saturated heterocycles. The van der Waals surface area contributed by atoms with E-state index in [9.17, 15) is 19.0 Å². The number of rotatable bonds is 46. The Morgan fingerprint density at radius 3 is 1.40 bits per heavy atom. The lowest BCUT2D eigenvalue weighted by molar-refractivity contribution is -0.154. The van der Waals surface area contributed by atoms with Crippen molar-refractivity contribution in [1.29, 1.82) is 0 Å². The number of hydrogen-bond acceptors (Lipinski definition) is 8. The van der Waals surface area contributed by atoms with Gasteiger partial charge in [0.15, 0.2) is 0 Å². The number of unbranched alkanes of at least 4 members (excludes halogenated alkanes) is 20. The van der Waals surface area contributed by atoms with E-state index >= 15 is 0 Å². The summed E-state index contributed by atoms with van der Waals surface area (Å²) in [5.74, 6) is -1.79. The average Bonchev–Trinajstić information content (AvgIpc) is 3.25. The zero-order valence-electron chi connectivity index (χ0n) is 39.2. The number of nitrogens with two attached hydrogens (primary N) is 1. The first-order chi connectivity index (χ1) is 30.2. The number of carboxylic acid groups (broad SMARTS) is 1. The largest absolute Gasteiger partial charge is 0.480 e. The molecule has 358 valence electrons. The fraction of sp³-hybridized carbons (Fsp3) is 0.725. The van der Waals surface area contributed by atoms with Crippen LogP contribution >= 0.6 is 7.82 Å². The van der Waals surface area contributed by atoms with Gasteiger partial charge in [0, 0.05) is 13.0 Å². The maximum absolute atomic E-state index is 12.7. The predicted octanol–water partition coefficient (Wildman–Crippen LogP) is 14.2. The summed E-state index contributed by atoms with van der Waals surface area (Å²) in [6, 6.07) is -1.48. The third-order valence-electron chi connectivity index (χ3n) is 10.3. The van der Waals surface area contributed by atoms with Crippen LogP contribution in [0.5, 0.6) is 0 Å². The first kappa shape index (κ1) is 59.4. The van der Waals surface area contributed by atoms with Gasteiger partial charge in [-0.05, 0) is 64.2 Å². The molecule has 0 aliphatic heterocycles. The van der Waals surface area contributed by atoms with Crippen LogP contribution in [0, 0.1) is 0 Å². The number of phosphoric acid groups is 1. The van der Waals surface area contributed by atoms with Gasteiger partial charge in [0.1, 0.15) is 12.1 Å². The number of carbonyl (C=O) groups excluding carboxylic acids is 1. The van der Waals surface area contributed by atoms with E-state index < -0.39 is 45.1 Å². The van der Waals surface area contributed by atoms with E-state index in [4.69, 9.17) is 29.4 Å². The summed E-state index contributed by atoms with van der Waals surface area (Å²) in [6.07, 6.45) is 58.1. The van der Waals surface area contributed by atoms with Gasteiger partial charge in [0.25, 0.3) is 0 Å². The summed E-state index contributed by atoms with van der Waals surface area (Å²) in [6.45, 7) is 3.73.